The number of aromatic hydroxyl groups is 1. The van der Waals surface area contributed by atoms with Gasteiger partial charge in [-0.3, -0.25) is 0 Å². The van der Waals surface area contributed by atoms with Gasteiger partial charge in [-0.15, -0.1) is 0 Å². The zero-order valence-corrected chi connectivity index (χ0v) is 19.2. The number of phenolic OH excluding ortho intramolecular Hbond substituents is 1. The van der Waals surface area contributed by atoms with Crippen molar-refractivity contribution in [3.05, 3.63) is 89.5 Å². The lowest BCUT2D eigenvalue weighted by Crippen LogP contribution is -2.31. The first-order valence-corrected chi connectivity index (χ1v) is 12.2. The number of fused-ring (bicyclic) bond motifs is 1. The van der Waals surface area contributed by atoms with Crippen molar-refractivity contribution in [1.82, 2.24) is 4.90 Å². The van der Waals surface area contributed by atoms with Crippen LogP contribution in [0.3, 0.4) is 0 Å². The third-order valence-corrected chi connectivity index (χ3v) is 6.96. The van der Waals surface area contributed by atoms with Crippen molar-refractivity contribution in [2.45, 2.75) is 37.5 Å². The van der Waals surface area contributed by atoms with Crippen LogP contribution in [0.5, 0.6) is 17.2 Å². The second-order valence-electron chi connectivity index (χ2n) is 9.20. The maximum Gasteiger partial charge on any atom is 0.126 e. The Morgan fingerprint density at radius 1 is 0.879 bits per heavy atom. The van der Waals surface area contributed by atoms with Gasteiger partial charge < -0.3 is 19.5 Å². The summed E-state index contributed by atoms with van der Waals surface area (Å²) in [6.45, 7) is 4.94. The summed E-state index contributed by atoms with van der Waals surface area (Å²) in [5, 5.41) is 9.95. The summed E-state index contributed by atoms with van der Waals surface area (Å²) in [6.07, 6.45) is 5.11. The molecule has 4 nitrogen and oxygen atoms in total. The third-order valence-electron chi connectivity index (χ3n) is 6.96. The molecule has 2 heterocycles. The van der Waals surface area contributed by atoms with E-state index in [0.29, 0.717) is 6.61 Å². The van der Waals surface area contributed by atoms with E-state index in [4.69, 9.17) is 9.47 Å². The number of rotatable bonds is 7. The molecule has 0 aromatic heterocycles. The Balaban J connectivity index is 1.30. The topological polar surface area (TPSA) is 41.9 Å². The van der Waals surface area contributed by atoms with E-state index in [2.05, 4.69) is 53.4 Å². The first-order valence-electron chi connectivity index (χ1n) is 12.2. The minimum Gasteiger partial charge on any atom is -0.508 e. The second kappa shape index (κ2) is 10.3. The number of hydrogen-bond donors (Lipinski definition) is 1. The molecule has 0 spiro atoms. The molecule has 2 atom stereocenters. The third kappa shape index (κ3) is 5.17. The first-order chi connectivity index (χ1) is 16.3. The summed E-state index contributed by atoms with van der Waals surface area (Å²) in [5.41, 5.74) is 3.61. The molecule has 2 aliphatic rings. The van der Waals surface area contributed by atoms with E-state index in [1.54, 1.807) is 12.1 Å². The highest BCUT2D eigenvalue weighted by Crippen LogP contribution is 2.47. The molecule has 5 rings (SSSR count). The van der Waals surface area contributed by atoms with Gasteiger partial charge in [-0.25, -0.2) is 0 Å². The largest absolute Gasteiger partial charge is 0.508 e. The van der Waals surface area contributed by atoms with Gasteiger partial charge in [0.1, 0.15) is 17.2 Å². The molecular formula is C29H33NO3. The highest BCUT2D eigenvalue weighted by molar-refractivity contribution is 5.50. The standard InChI is InChI=1S/C29H33NO3/c31-24-12-15-26-28(20-24)33-21-27(22-8-3-1-4-9-22)29(26)23-10-13-25(14-11-23)32-19-7-18-30-16-5-2-6-17-30/h1,3-4,8-15,20,27,29,31H,2,5-7,16-19,21H2/t27-,29+/m0/s1. The maximum atomic E-state index is 9.95. The molecule has 1 fully saturated rings. The van der Waals surface area contributed by atoms with E-state index < -0.39 is 0 Å². The zero-order chi connectivity index (χ0) is 22.5. The molecule has 0 saturated carbocycles. The Hall–Kier alpha value is -2.98. The van der Waals surface area contributed by atoms with Gasteiger partial charge in [0, 0.05) is 30.0 Å². The smallest absolute Gasteiger partial charge is 0.126 e. The summed E-state index contributed by atoms with van der Waals surface area (Å²) in [4.78, 5) is 2.56. The summed E-state index contributed by atoms with van der Waals surface area (Å²) >= 11 is 0. The average molecular weight is 444 g/mol. The summed E-state index contributed by atoms with van der Waals surface area (Å²) in [6, 6.07) is 24.6. The van der Waals surface area contributed by atoms with Crippen LogP contribution in [0.15, 0.2) is 72.8 Å². The fraction of sp³-hybridized carbons (Fsp3) is 0.379. The molecule has 172 valence electrons. The molecule has 3 aromatic carbocycles. The molecule has 1 N–H and O–H groups in total. The lowest BCUT2D eigenvalue weighted by atomic mass is 9.76. The highest BCUT2D eigenvalue weighted by Gasteiger charge is 2.33. The molecule has 33 heavy (non-hydrogen) atoms. The minimum atomic E-state index is 0.157. The van der Waals surface area contributed by atoms with Crippen LogP contribution in [0, 0.1) is 0 Å². The molecule has 4 heteroatoms. The van der Waals surface area contributed by atoms with Crippen molar-refractivity contribution >= 4 is 0 Å². The Morgan fingerprint density at radius 3 is 2.45 bits per heavy atom. The van der Waals surface area contributed by atoms with Gasteiger partial charge in [0.05, 0.1) is 13.2 Å². The summed E-state index contributed by atoms with van der Waals surface area (Å²) in [5.74, 6) is 2.29. The Kier molecular flexibility index (Phi) is 6.82. The van der Waals surface area contributed by atoms with Gasteiger partial charge in [0.15, 0.2) is 0 Å². The van der Waals surface area contributed by atoms with Crippen molar-refractivity contribution in [2.75, 3.05) is 32.8 Å². The Labute approximate surface area is 196 Å². The lowest BCUT2D eigenvalue weighted by molar-refractivity contribution is 0.205. The van der Waals surface area contributed by atoms with Crippen LogP contribution in [0.4, 0.5) is 0 Å². The van der Waals surface area contributed by atoms with Gasteiger partial charge in [0.25, 0.3) is 0 Å². The molecule has 0 bridgehead atoms. The lowest BCUT2D eigenvalue weighted by Gasteiger charge is -2.34. The van der Waals surface area contributed by atoms with Crippen molar-refractivity contribution < 1.29 is 14.6 Å². The van der Waals surface area contributed by atoms with Gasteiger partial charge in [-0.1, -0.05) is 55.0 Å². The van der Waals surface area contributed by atoms with Crippen LogP contribution in [0.2, 0.25) is 0 Å². The Bertz CT molecular complexity index is 1030. The van der Waals surface area contributed by atoms with E-state index in [9.17, 15) is 5.11 Å². The second-order valence-corrected chi connectivity index (χ2v) is 9.20. The average Bonchev–Trinajstić information content (AvgIpc) is 2.87. The SMILES string of the molecule is Oc1ccc2c(c1)OC[C@@H](c1ccccc1)[C@@H]2c1ccc(OCCCN2CCCCC2)cc1. The van der Waals surface area contributed by atoms with Gasteiger partial charge in [0.2, 0.25) is 0 Å². The molecule has 0 aliphatic carbocycles. The minimum absolute atomic E-state index is 0.157. The monoisotopic (exact) mass is 443 g/mol. The number of nitrogens with zero attached hydrogens (tertiary/aromatic N) is 1. The quantitative estimate of drug-likeness (QED) is 0.458. The van der Waals surface area contributed by atoms with Crippen LogP contribution in [-0.4, -0.2) is 42.9 Å². The molecule has 0 amide bonds. The fourth-order valence-electron chi connectivity index (χ4n) is 5.23. The molecule has 2 aliphatic heterocycles. The normalized spacial score (nSPS) is 20.6. The van der Waals surface area contributed by atoms with Crippen molar-refractivity contribution in [3.8, 4) is 17.2 Å². The van der Waals surface area contributed by atoms with Gasteiger partial charge >= 0.3 is 0 Å². The molecular weight excluding hydrogens is 410 g/mol. The van der Waals surface area contributed by atoms with E-state index >= 15 is 0 Å². The van der Waals surface area contributed by atoms with Crippen molar-refractivity contribution in [1.29, 1.82) is 0 Å². The highest BCUT2D eigenvalue weighted by atomic mass is 16.5. The summed E-state index contributed by atoms with van der Waals surface area (Å²) in [7, 11) is 0. The zero-order valence-electron chi connectivity index (χ0n) is 19.2. The van der Waals surface area contributed by atoms with E-state index in [1.807, 2.05) is 12.1 Å². The number of phenols is 1. The molecule has 3 aromatic rings. The van der Waals surface area contributed by atoms with Crippen LogP contribution in [-0.2, 0) is 0 Å². The van der Waals surface area contributed by atoms with Crippen LogP contribution >= 0.6 is 0 Å². The van der Waals surface area contributed by atoms with Crippen LogP contribution in [0.1, 0.15) is 54.2 Å². The number of hydrogen-bond acceptors (Lipinski definition) is 4. The molecule has 1 saturated heterocycles. The predicted molar refractivity (Wildman–Crippen MR) is 131 cm³/mol. The van der Waals surface area contributed by atoms with E-state index in [0.717, 1.165) is 36.6 Å². The molecule has 0 radical (unpaired) electrons. The summed E-state index contributed by atoms with van der Waals surface area (Å²) < 4.78 is 12.1. The Morgan fingerprint density at radius 2 is 1.67 bits per heavy atom. The van der Waals surface area contributed by atoms with E-state index in [1.165, 1.54) is 43.5 Å². The number of likely N-dealkylation sites (tertiary alicyclic amines) is 1. The number of benzene rings is 3. The van der Waals surface area contributed by atoms with E-state index in [-0.39, 0.29) is 17.6 Å². The number of ether oxygens (including phenoxy) is 2. The predicted octanol–water partition coefficient (Wildman–Crippen LogP) is 5.96. The van der Waals surface area contributed by atoms with Crippen LogP contribution in [0.25, 0.3) is 0 Å². The van der Waals surface area contributed by atoms with Crippen LogP contribution < -0.4 is 9.47 Å². The van der Waals surface area contributed by atoms with Crippen molar-refractivity contribution in [2.24, 2.45) is 0 Å². The molecule has 0 unspecified atom stereocenters. The maximum absolute atomic E-state index is 9.95. The van der Waals surface area contributed by atoms with Gasteiger partial charge in [-0.2, -0.15) is 0 Å². The van der Waals surface area contributed by atoms with Gasteiger partial charge in [-0.05, 0) is 61.7 Å². The number of piperidine rings is 1. The fourth-order valence-corrected chi connectivity index (χ4v) is 5.23. The first kappa shape index (κ1) is 21.8. The van der Waals surface area contributed by atoms with Crippen molar-refractivity contribution in [3.63, 3.8) is 0 Å².